The molecule has 48 heavy (non-hydrogen) atoms. The topological polar surface area (TPSA) is 176 Å². The Morgan fingerprint density at radius 1 is 1.08 bits per heavy atom. The van der Waals surface area contributed by atoms with Crippen LogP contribution in [0.5, 0.6) is 0 Å². The molecule has 0 aromatic carbocycles. The predicted octanol–water partition coefficient (Wildman–Crippen LogP) is 3.77. The van der Waals surface area contributed by atoms with E-state index in [1.54, 1.807) is 47.6 Å². The van der Waals surface area contributed by atoms with Crippen LogP contribution in [0.15, 0.2) is 34.2 Å². The summed E-state index contributed by atoms with van der Waals surface area (Å²) in [6, 6.07) is 1.69. The molecule has 12 heteroatoms. The molecule has 0 spiro atoms. The number of furan rings is 1. The molecule has 2 N–H and O–H groups in total. The van der Waals surface area contributed by atoms with E-state index in [-0.39, 0.29) is 18.4 Å². The number of rotatable bonds is 8. The quantitative estimate of drug-likeness (QED) is 0.303. The first-order valence-electron chi connectivity index (χ1n) is 16.8. The number of esters is 4. The minimum absolute atomic E-state index is 0.158. The van der Waals surface area contributed by atoms with Gasteiger partial charge in [-0.05, 0) is 36.8 Å². The number of aliphatic hydroxyl groups is 2. The van der Waals surface area contributed by atoms with Gasteiger partial charge in [0.25, 0.3) is 0 Å². The van der Waals surface area contributed by atoms with E-state index in [1.807, 2.05) is 6.92 Å². The maximum Gasteiger partial charge on any atom is 0.335 e. The second-order valence-corrected chi connectivity index (χ2v) is 15.5. The third-order valence-electron chi connectivity index (χ3n) is 12.8. The summed E-state index contributed by atoms with van der Waals surface area (Å²) >= 11 is 0. The fourth-order valence-corrected chi connectivity index (χ4v) is 10.4. The van der Waals surface area contributed by atoms with Gasteiger partial charge in [-0.25, -0.2) is 4.79 Å². The van der Waals surface area contributed by atoms with Crippen molar-refractivity contribution in [2.45, 2.75) is 110 Å². The molecule has 1 aliphatic heterocycles. The van der Waals surface area contributed by atoms with E-state index in [9.17, 15) is 29.4 Å². The van der Waals surface area contributed by atoms with E-state index in [4.69, 9.17) is 23.4 Å². The third kappa shape index (κ3) is 4.04. The number of fused-ring (bicyclic) bond motifs is 4. The van der Waals surface area contributed by atoms with Crippen LogP contribution in [-0.2, 0) is 42.9 Å². The third-order valence-corrected chi connectivity index (χ3v) is 12.8. The maximum atomic E-state index is 15.3. The lowest BCUT2D eigenvalue weighted by molar-refractivity contribution is -0.287. The molecule has 11 atom stereocenters. The molecule has 1 unspecified atom stereocenters. The van der Waals surface area contributed by atoms with Crippen molar-refractivity contribution in [3.8, 4) is 0 Å². The number of Topliss-reactive ketones (excluding diaryl/α,β-unsaturated/α-hetero) is 1. The van der Waals surface area contributed by atoms with Crippen molar-refractivity contribution in [3.05, 3.63) is 35.3 Å². The first kappa shape index (κ1) is 34.4. The van der Waals surface area contributed by atoms with Crippen molar-refractivity contribution in [1.82, 2.24) is 0 Å². The molecule has 1 aromatic rings. The molecule has 0 radical (unpaired) electrons. The summed E-state index contributed by atoms with van der Waals surface area (Å²) in [6.45, 7) is 12.0. The number of hydrogen-bond donors (Lipinski definition) is 2. The van der Waals surface area contributed by atoms with Gasteiger partial charge in [-0.15, -0.1) is 0 Å². The highest BCUT2D eigenvalue weighted by Crippen LogP contribution is 2.81. The highest BCUT2D eigenvalue weighted by molar-refractivity contribution is 6.08. The first-order valence-corrected chi connectivity index (χ1v) is 16.8. The van der Waals surface area contributed by atoms with Gasteiger partial charge in [0.15, 0.2) is 17.5 Å². The lowest BCUT2D eigenvalue weighted by Crippen LogP contribution is -2.80. The Labute approximate surface area is 279 Å². The van der Waals surface area contributed by atoms with Gasteiger partial charge in [0.2, 0.25) is 5.60 Å². The van der Waals surface area contributed by atoms with Gasteiger partial charge in [-0.3, -0.25) is 19.2 Å². The summed E-state index contributed by atoms with van der Waals surface area (Å²) < 4.78 is 28.7. The zero-order valence-corrected chi connectivity index (χ0v) is 28.8. The summed E-state index contributed by atoms with van der Waals surface area (Å²) in [5.74, 6) is -6.89. The zero-order chi connectivity index (χ0) is 35.4. The van der Waals surface area contributed by atoms with Crippen LogP contribution in [0.25, 0.3) is 0 Å². The van der Waals surface area contributed by atoms with Gasteiger partial charge in [0, 0.05) is 39.7 Å². The molecular weight excluding hydrogens is 624 g/mol. The van der Waals surface area contributed by atoms with Crippen molar-refractivity contribution < 1.29 is 57.6 Å². The van der Waals surface area contributed by atoms with Gasteiger partial charge >= 0.3 is 23.9 Å². The van der Waals surface area contributed by atoms with Crippen molar-refractivity contribution in [2.75, 3.05) is 7.11 Å². The van der Waals surface area contributed by atoms with Crippen LogP contribution < -0.4 is 0 Å². The normalized spacial score (nSPS) is 40.9. The van der Waals surface area contributed by atoms with Gasteiger partial charge < -0.3 is 33.6 Å². The number of ketones is 1. The van der Waals surface area contributed by atoms with Crippen molar-refractivity contribution in [2.24, 2.45) is 39.9 Å². The van der Waals surface area contributed by atoms with E-state index >= 15 is 4.79 Å². The number of cyclic esters (lactones) is 1. The standard InChI is InChI=1S/C36H46O12/c1-9-18(4)29(41)47-31-33(6)16-35(48-28(40)17(2)3)34(7,25(33)24(38)30(42)44-8)20-10-12-32(5)21(23(20)26(39)36(31,35)43)14-22(37)46-27(32)19-11-13-45-15-19/h11,13,15,17-18,20,24-25,27,31,38,43H,9-10,12,14,16H2,1-8H3/t18-,20-,24-,25-,27+,31+,32-,33?,34+,35+,36-/m0/s1. The van der Waals surface area contributed by atoms with Crippen LogP contribution in [0.2, 0.25) is 0 Å². The first-order chi connectivity index (χ1) is 22.4. The Balaban J connectivity index is 1.67. The van der Waals surface area contributed by atoms with E-state index < -0.39 is 99.1 Å². The van der Waals surface area contributed by atoms with Crippen molar-refractivity contribution in [3.63, 3.8) is 0 Å². The SMILES string of the molecule is CC[C@H](C)C(=O)O[C@@H]1C2(C)C[C@@]3(OC(=O)C(C)C)[C@](C)([C@H]4CC[C@@]5(C)C(=C4C(=O)[C@]13O)CC(=O)O[C@@H]5c1ccoc1)[C@H]2[C@H](O)C(=O)OC. The van der Waals surface area contributed by atoms with Crippen LogP contribution in [0.1, 0.15) is 92.2 Å². The maximum absolute atomic E-state index is 15.3. The monoisotopic (exact) mass is 670 g/mol. The minimum Gasteiger partial charge on any atom is -0.472 e. The molecule has 3 saturated carbocycles. The second kappa shape index (κ2) is 11.0. The molecule has 6 rings (SSSR count). The molecule has 0 amide bonds. The largest absolute Gasteiger partial charge is 0.472 e. The minimum atomic E-state index is -2.62. The van der Waals surface area contributed by atoms with E-state index in [1.165, 1.54) is 12.5 Å². The van der Waals surface area contributed by atoms with E-state index in [0.717, 1.165) is 7.11 Å². The highest BCUT2D eigenvalue weighted by atomic mass is 16.6. The smallest absolute Gasteiger partial charge is 0.335 e. The van der Waals surface area contributed by atoms with Crippen LogP contribution in [-0.4, -0.2) is 70.4 Å². The summed E-state index contributed by atoms with van der Waals surface area (Å²) in [6.07, 6.45) is -0.573. The van der Waals surface area contributed by atoms with Crippen LogP contribution in [0.4, 0.5) is 0 Å². The summed E-state index contributed by atoms with van der Waals surface area (Å²) in [5, 5.41) is 25.1. The Hall–Kier alpha value is -3.51. The Morgan fingerprint density at radius 3 is 2.35 bits per heavy atom. The Bertz CT molecular complexity index is 1590. The van der Waals surface area contributed by atoms with Crippen molar-refractivity contribution >= 4 is 29.7 Å². The number of carbonyl (C=O) groups excluding carboxylic acids is 5. The summed E-state index contributed by atoms with van der Waals surface area (Å²) in [7, 11) is 1.14. The molecule has 4 fully saturated rings. The fraction of sp³-hybridized carbons (Fsp3) is 0.694. The average molecular weight is 671 g/mol. The Morgan fingerprint density at radius 2 is 1.77 bits per heavy atom. The number of hydrogen-bond acceptors (Lipinski definition) is 12. The molecule has 12 nitrogen and oxygen atoms in total. The number of aliphatic hydroxyl groups excluding tert-OH is 1. The molecular formula is C36H46O12. The lowest BCUT2D eigenvalue weighted by Gasteiger charge is -2.66. The van der Waals surface area contributed by atoms with Crippen LogP contribution in [0, 0.1) is 39.9 Å². The summed E-state index contributed by atoms with van der Waals surface area (Å²) in [4.78, 5) is 69.0. The van der Waals surface area contributed by atoms with E-state index in [2.05, 4.69) is 0 Å². The van der Waals surface area contributed by atoms with Gasteiger partial charge in [-0.1, -0.05) is 48.5 Å². The van der Waals surface area contributed by atoms with Gasteiger partial charge in [-0.2, -0.15) is 0 Å². The lowest BCUT2D eigenvalue weighted by atomic mass is 9.40. The molecule has 1 aromatic heterocycles. The van der Waals surface area contributed by atoms with Crippen LogP contribution in [0.3, 0.4) is 0 Å². The average Bonchev–Trinajstić information content (AvgIpc) is 3.69. The molecule has 1 saturated heterocycles. The molecule has 5 aliphatic rings. The second-order valence-electron chi connectivity index (χ2n) is 15.5. The number of ether oxygens (including phenoxy) is 4. The Kier molecular flexibility index (Phi) is 7.87. The molecule has 2 bridgehead atoms. The van der Waals surface area contributed by atoms with Gasteiger partial charge in [0.05, 0.1) is 37.9 Å². The van der Waals surface area contributed by atoms with E-state index in [0.29, 0.717) is 30.4 Å². The number of methoxy groups -OCH3 is 1. The number of carbonyl (C=O) groups is 5. The summed E-state index contributed by atoms with van der Waals surface area (Å²) in [5.41, 5.74) is -7.23. The molecule has 2 heterocycles. The molecule has 262 valence electrons. The fourth-order valence-electron chi connectivity index (χ4n) is 10.4. The van der Waals surface area contributed by atoms with Crippen LogP contribution >= 0.6 is 0 Å². The predicted molar refractivity (Wildman–Crippen MR) is 165 cm³/mol. The van der Waals surface area contributed by atoms with Gasteiger partial charge in [0.1, 0.15) is 12.2 Å². The highest BCUT2D eigenvalue weighted by Gasteiger charge is 2.93. The molecule has 4 aliphatic carbocycles. The zero-order valence-electron chi connectivity index (χ0n) is 28.8. The van der Waals surface area contributed by atoms with Crippen molar-refractivity contribution in [1.29, 1.82) is 0 Å².